The fourth-order valence-electron chi connectivity index (χ4n) is 1.44. The van der Waals surface area contributed by atoms with Crippen LogP contribution in [0.25, 0.3) is 10.9 Å². The van der Waals surface area contributed by atoms with Gasteiger partial charge in [0.1, 0.15) is 11.6 Å². The van der Waals surface area contributed by atoms with Gasteiger partial charge in [-0.2, -0.15) is 4.68 Å². The van der Waals surface area contributed by atoms with E-state index in [1.54, 1.807) is 24.3 Å². The third-order valence-electron chi connectivity index (χ3n) is 2.55. The molecule has 94 valence electrons. The largest absolute Gasteiger partial charge is 0.480 e. The van der Waals surface area contributed by atoms with E-state index in [4.69, 9.17) is 5.11 Å². The van der Waals surface area contributed by atoms with Crippen LogP contribution < -0.4 is 10.9 Å². The van der Waals surface area contributed by atoms with Crippen LogP contribution in [0.5, 0.6) is 0 Å². The van der Waals surface area contributed by atoms with Crippen molar-refractivity contribution in [1.82, 2.24) is 20.3 Å². The molecule has 2 aromatic rings. The van der Waals surface area contributed by atoms with E-state index in [0.717, 1.165) is 4.68 Å². The maximum atomic E-state index is 12.0. The number of carboxylic acids is 1. The third kappa shape index (κ3) is 2.35. The van der Waals surface area contributed by atoms with Crippen LogP contribution in [0.4, 0.5) is 0 Å². The van der Waals surface area contributed by atoms with Crippen molar-refractivity contribution in [2.45, 2.75) is 19.6 Å². The molecule has 1 aromatic heterocycles. The average molecular weight is 248 g/mol. The number of benzene rings is 1. The van der Waals surface area contributed by atoms with Crippen molar-refractivity contribution in [3.63, 3.8) is 0 Å². The van der Waals surface area contributed by atoms with Crippen molar-refractivity contribution < 1.29 is 9.90 Å². The predicted molar refractivity (Wildman–Crippen MR) is 64.0 cm³/mol. The van der Waals surface area contributed by atoms with Crippen molar-refractivity contribution >= 4 is 16.9 Å². The Bertz CT molecular complexity index is 637. The Morgan fingerprint density at radius 3 is 2.94 bits per heavy atom. The van der Waals surface area contributed by atoms with E-state index in [9.17, 15) is 9.59 Å². The lowest BCUT2D eigenvalue weighted by Gasteiger charge is -2.09. The number of carboxylic acid groups (broad SMARTS) is 1. The molecule has 1 heterocycles. The van der Waals surface area contributed by atoms with Crippen LogP contribution in [0.1, 0.15) is 6.92 Å². The Morgan fingerprint density at radius 1 is 1.50 bits per heavy atom. The highest BCUT2D eigenvalue weighted by Gasteiger charge is 2.11. The standard InChI is InChI=1S/C11H12N4O3/c1-7(11(17)18)12-6-15-10(16)8-4-2-3-5-9(8)13-14-15/h2-5,7,12H,6H2,1H3,(H,17,18)/t7-/m0/s1. The van der Waals surface area contributed by atoms with Gasteiger partial charge in [0.2, 0.25) is 0 Å². The zero-order chi connectivity index (χ0) is 13.1. The molecule has 0 aliphatic rings. The lowest BCUT2D eigenvalue weighted by molar-refractivity contribution is -0.139. The molecule has 0 spiro atoms. The maximum absolute atomic E-state index is 12.0. The number of nitrogens with one attached hydrogen (secondary N) is 1. The highest BCUT2D eigenvalue weighted by Crippen LogP contribution is 2.02. The zero-order valence-electron chi connectivity index (χ0n) is 9.70. The fraction of sp³-hybridized carbons (Fsp3) is 0.273. The first-order chi connectivity index (χ1) is 8.59. The maximum Gasteiger partial charge on any atom is 0.320 e. The smallest absolute Gasteiger partial charge is 0.320 e. The van der Waals surface area contributed by atoms with Gasteiger partial charge in [-0.3, -0.25) is 14.9 Å². The second-order valence-electron chi connectivity index (χ2n) is 3.83. The lowest BCUT2D eigenvalue weighted by Crippen LogP contribution is -2.39. The van der Waals surface area contributed by atoms with Gasteiger partial charge in [-0.15, -0.1) is 5.10 Å². The van der Waals surface area contributed by atoms with Crippen LogP contribution in [0, 0.1) is 0 Å². The van der Waals surface area contributed by atoms with Crippen molar-refractivity contribution in [3.8, 4) is 0 Å². The summed E-state index contributed by atoms with van der Waals surface area (Å²) in [5, 5.41) is 19.5. The molecule has 2 rings (SSSR count). The van der Waals surface area contributed by atoms with Crippen LogP contribution >= 0.6 is 0 Å². The summed E-state index contributed by atoms with van der Waals surface area (Å²) in [4.78, 5) is 22.6. The van der Waals surface area contributed by atoms with E-state index in [2.05, 4.69) is 15.6 Å². The molecular weight excluding hydrogens is 236 g/mol. The van der Waals surface area contributed by atoms with E-state index in [1.165, 1.54) is 6.92 Å². The van der Waals surface area contributed by atoms with E-state index >= 15 is 0 Å². The number of nitrogens with zero attached hydrogens (tertiary/aromatic N) is 3. The number of aliphatic carboxylic acids is 1. The van der Waals surface area contributed by atoms with Gasteiger partial charge < -0.3 is 5.11 Å². The van der Waals surface area contributed by atoms with Crippen LogP contribution in [0.2, 0.25) is 0 Å². The summed E-state index contributed by atoms with van der Waals surface area (Å²) >= 11 is 0. The van der Waals surface area contributed by atoms with Crippen LogP contribution in [0.3, 0.4) is 0 Å². The van der Waals surface area contributed by atoms with Gasteiger partial charge in [0.15, 0.2) is 0 Å². The molecule has 7 heteroatoms. The molecule has 0 saturated carbocycles. The highest BCUT2D eigenvalue weighted by molar-refractivity contribution is 5.76. The van der Waals surface area contributed by atoms with Crippen molar-refractivity contribution in [2.24, 2.45) is 0 Å². The number of hydrogen-bond donors (Lipinski definition) is 2. The molecular formula is C11H12N4O3. The van der Waals surface area contributed by atoms with Gasteiger partial charge in [-0.1, -0.05) is 17.3 Å². The topological polar surface area (TPSA) is 97.1 Å². The second-order valence-corrected chi connectivity index (χ2v) is 3.83. The highest BCUT2D eigenvalue weighted by atomic mass is 16.4. The van der Waals surface area contributed by atoms with Crippen molar-refractivity contribution in [2.75, 3.05) is 0 Å². The predicted octanol–water partition coefficient (Wildman–Crippen LogP) is -0.188. The Hall–Kier alpha value is -2.28. The first kappa shape index (κ1) is 12.2. The Balaban J connectivity index is 2.27. The van der Waals surface area contributed by atoms with Crippen LogP contribution in [0.15, 0.2) is 29.1 Å². The minimum Gasteiger partial charge on any atom is -0.480 e. The zero-order valence-corrected chi connectivity index (χ0v) is 9.70. The molecule has 0 fully saturated rings. The third-order valence-corrected chi connectivity index (χ3v) is 2.55. The van der Waals surface area contributed by atoms with E-state index < -0.39 is 12.0 Å². The van der Waals surface area contributed by atoms with Gasteiger partial charge in [-0.25, -0.2) is 0 Å². The number of hydrogen-bond acceptors (Lipinski definition) is 5. The summed E-state index contributed by atoms with van der Waals surface area (Å²) in [5.41, 5.74) is 0.218. The molecule has 0 bridgehead atoms. The van der Waals surface area contributed by atoms with E-state index in [1.807, 2.05) is 0 Å². The van der Waals surface area contributed by atoms with Crippen LogP contribution in [-0.4, -0.2) is 32.1 Å². The van der Waals surface area contributed by atoms with Gasteiger partial charge in [0.25, 0.3) is 5.56 Å². The fourth-order valence-corrected chi connectivity index (χ4v) is 1.44. The first-order valence-electron chi connectivity index (χ1n) is 5.38. The lowest BCUT2D eigenvalue weighted by atomic mass is 10.2. The molecule has 1 aromatic carbocycles. The summed E-state index contributed by atoms with van der Waals surface area (Å²) in [6.07, 6.45) is 0. The summed E-state index contributed by atoms with van der Waals surface area (Å²) in [5.74, 6) is -0.989. The van der Waals surface area contributed by atoms with E-state index in [-0.39, 0.29) is 12.2 Å². The molecule has 0 radical (unpaired) electrons. The van der Waals surface area contributed by atoms with Crippen LogP contribution in [-0.2, 0) is 11.5 Å². The molecule has 7 nitrogen and oxygen atoms in total. The molecule has 18 heavy (non-hydrogen) atoms. The first-order valence-corrected chi connectivity index (χ1v) is 5.38. The number of carbonyl (C=O) groups is 1. The summed E-state index contributed by atoms with van der Waals surface area (Å²) in [6, 6.07) is 6.10. The Kier molecular flexibility index (Phi) is 3.33. The summed E-state index contributed by atoms with van der Waals surface area (Å²) in [7, 11) is 0. The van der Waals surface area contributed by atoms with Crippen molar-refractivity contribution in [3.05, 3.63) is 34.6 Å². The minimum atomic E-state index is -0.989. The molecule has 0 unspecified atom stereocenters. The van der Waals surface area contributed by atoms with E-state index in [0.29, 0.717) is 10.9 Å². The molecule has 0 aliphatic heterocycles. The average Bonchev–Trinajstić information content (AvgIpc) is 2.38. The summed E-state index contributed by atoms with van der Waals surface area (Å²) in [6.45, 7) is 1.49. The normalized spacial score (nSPS) is 12.5. The number of fused-ring (bicyclic) bond motifs is 1. The van der Waals surface area contributed by atoms with Gasteiger partial charge in [0.05, 0.1) is 12.1 Å². The monoisotopic (exact) mass is 248 g/mol. The summed E-state index contributed by atoms with van der Waals surface area (Å²) < 4.78 is 1.10. The Labute approximate surface area is 102 Å². The molecule has 1 atom stereocenters. The molecule has 0 saturated heterocycles. The quantitative estimate of drug-likeness (QED) is 0.778. The minimum absolute atomic E-state index is 0.00410. The second kappa shape index (κ2) is 4.92. The SMILES string of the molecule is C[C@H](NCn1nnc2ccccc2c1=O)C(=O)O. The van der Waals surface area contributed by atoms with Gasteiger partial charge in [-0.05, 0) is 19.1 Å². The molecule has 0 aliphatic carbocycles. The number of rotatable bonds is 4. The van der Waals surface area contributed by atoms with Crippen molar-refractivity contribution in [1.29, 1.82) is 0 Å². The molecule has 2 N–H and O–H groups in total. The van der Waals surface area contributed by atoms with Gasteiger partial charge >= 0.3 is 5.97 Å². The Morgan fingerprint density at radius 2 is 2.22 bits per heavy atom. The molecule has 0 amide bonds. The number of aromatic nitrogens is 3. The van der Waals surface area contributed by atoms with Gasteiger partial charge in [0, 0.05) is 0 Å².